The van der Waals surface area contributed by atoms with E-state index < -0.39 is 0 Å². The van der Waals surface area contributed by atoms with Crippen molar-refractivity contribution in [2.75, 3.05) is 25.0 Å². The molecule has 2 atom stereocenters. The molecule has 112 valence electrons. The number of anilines is 1. The molecule has 2 N–H and O–H groups in total. The van der Waals surface area contributed by atoms with Crippen molar-refractivity contribution in [3.8, 4) is 6.07 Å². The van der Waals surface area contributed by atoms with Gasteiger partial charge in [-0.2, -0.15) is 5.26 Å². The second-order valence-corrected chi connectivity index (χ2v) is 5.94. The van der Waals surface area contributed by atoms with Gasteiger partial charge >= 0.3 is 0 Å². The summed E-state index contributed by atoms with van der Waals surface area (Å²) in [7, 11) is 0. The van der Waals surface area contributed by atoms with Crippen molar-refractivity contribution in [2.24, 2.45) is 11.8 Å². The highest BCUT2D eigenvalue weighted by Crippen LogP contribution is 2.22. The number of nitrogens with one attached hydrogen (secondary N) is 2. The summed E-state index contributed by atoms with van der Waals surface area (Å²) in [6.45, 7) is 3.13. The summed E-state index contributed by atoms with van der Waals surface area (Å²) in [4.78, 5) is 0. The smallest absolute Gasteiger partial charge is 0.0991 e. The minimum Gasteiger partial charge on any atom is -0.385 e. The molecule has 0 spiro atoms. The molecule has 2 aromatic rings. The lowest BCUT2D eigenvalue weighted by atomic mass is 9.89. The Morgan fingerprint density at radius 2 is 1.73 bits per heavy atom. The van der Waals surface area contributed by atoms with Crippen molar-refractivity contribution in [1.29, 1.82) is 5.26 Å². The van der Waals surface area contributed by atoms with E-state index in [4.69, 9.17) is 5.26 Å². The molecule has 22 heavy (non-hydrogen) atoms. The quantitative estimate of drug-likeness (QED) is 0.890. The van der Waals surface area contributed by atoms with Crippen molar-refractivity contribution >= 4 is 5.69 Å². The van der Waals surface area contributed by atoms with Crippen molar-refractivity contribution in [1.82, 2.24) is 5.32 Å². The molecule has 1 saturated heterocycles. The summed E-state index contributed by atoms with van der Waals surface area (Å²) in [5.41, 5.74) is 3.21. The minimum atomic E-state index is 0.635. The third kappa shape index (κ3) is 3.66. The lowest BCUT2D eigenvalue weighted by molar-refractivity contribution is 0.435. The zero-order valence-electron chi connectivity index (χ0n) is 12.6. The molecular weight excluding hydrogens is 270 g/mol. The van der Waals surface area contributed by atoms with E-state index in [1.807, 2.05) is 24.3 Å². The Bertz CT molecular complexity index is 628. The number of nitriles is 1. The van der Waals surface area contributed by atoms with Crippen molar-refractivity contribution in [2.45, 2.75) is 6.42 Å². The van der Waals surface area contributed by atoms with E-state index in [1.54, 1.807) is 0 Å². The SMILES string of the molecule is N#Cc1ccc(NC[C@@H]2CNC[C@@H]2Cc2ccccc2)cc1. The van der Waals surface area contributed by atoms with Crippen LogP contribution in [-0.4, -0.2) is 19.6 Å². The summed E-state index contributed by atoms with van der Waals surface area (Å²) >= 11 is 0. The van der Waals surface area contributed by atoms with Gasteiger partial charge in [-0.05, 0) is 61.2 Å². The largest absolute Gasteiger partial charge is 0.385 e. The van der Waals surface area contributed by atoms with Crippen LogP contribution in [0.25, 0.3) is 0 Å². The Morgan fingerprint density at radius 3 is 2.45 bits per heavy atom. The Hall–Kier alpha value is -2.31. The van der Waals surface area contributed by atoms with Crippen LogP contribution in [0.4, 0.5) is 5.69 Å². The van der Waals surface area contributed by atoms with Gasteiger partial charge in [-0.3, -0.25) is 0 Å². The fourth-order valence-corrected chi connectivity index (χ4v) is 3.09. The summed E-state index contributed by atoms with van der Waals surface area (Å²) in [6.07, 6.45) is 1.13. The van der Waals surface area contributed by atoms with Gasteiger partial charge in [0, 0.05) is 12.2 Å². The first-order valence-electron chi connectivity index (χ1n) is 7.84. The van der Waals surface area contributed by atoms with Crippen molar-refractivity contribution < 1.29 is 0 Å². The predicted octanol–water partition coefficient (Wildman–Crippen LogP) is 3.05. The maximum absolute atomic E-state index is 8.83. The molecule has 0 aliphatic carbocycles. The molecule has 3 heteroatoms. The maximum atomic E-state index is 8.83. The summed E-state index contributed by atoms with van der Waals surface area (Å²) in [6, 6.07) is 20.5. The number of nitrogens with zero attached hydrogens (tertiary/aromatic N) is 1. The van der Waals surface area contributed by atoms with Gasteiger partial charge in [0.2, 0.25) is 0 Å². The van der Waals surface area contributed by atoms with Crippen molar-refractivity contribution in [3.63, 3.8) is 0 Å². The van der Waals surface area contributed by atoms with Crippen molar-refractivity contribution in [3.05, 3.63) is 65.7 Å². The summed E-state index contributed by atoms with van der Waals surface area (Å²) in [5, 5.41) is 15.8. The molecule has 3 nitrogen and oxygen atoms in total. The molecular formula is C19H21N3. The Kier molecular flexibility index (Phi) is 4.72. The van der Waals surface area contributed by atoms with Crippen LogP contribution in [0.2, 0.25) is 0 Å². The highest BCUT2D eigenvalue weighted by Gasteiger charge is 2.26. The molecule has 0 unspecified atom stereocenters. The van der Waals surface area contributed by atoms with Crippen LogP contribution in [0.15, 0.2) is 54.6 Å². The molecule has 3 rings (SSSR count). The van der Waals surface area contributed by atoms with E-state index in [1.165, 1.54) is 5.56 Å². The molecule has 1 aliphatic heterocycles. The van der Waals surface area contributed by atoms with Crippen LogP contribution in [0.3, 0.4) is 0 Å². The lowest BCUT2D eigenvalue weighted by Gasteiger charge is -2.19. The number of rotatable bonds is 5. The average Bonchev–Trinajstić information content (AvgIpc) is 3.01. The molecule has 0 bridgehead atoms. The molecule has 1 aliphatic rings. The molecule has 0 amide bonds. The van der Waals surface area contributed by atoms with E-state index in [0.29, 0.717) is 17.4 Å². The number of hydrogen-bond acceptors (Lipinski definition) is 3. The van der Waals surface area contributed by atoms with E-state index >= 15 is 0 Å². The van der Waals surface area contributed by atoms with Gasteiger partial charge in [0.15, 0.2) is 0 Å². The van der Waals surface area contributed by atoms with Crippen LogP contribution in [-0.2, 0) is 6.42 Å². The standard InChI is InChI=1S/C19H21N3/c20-11-16-6-8-19(9-7-16)22-14-18-13-21-12-17(18)10-15-4-2-1-3-5-15/h1-9,17-18,21-22H,10,12-14H2/t17-,18-/m0/s1. The van der Waals surface area contributed by atoms with E-state index in [2.05, 4.69) is 47.0 Å². The maximum Gasteiger partial charge on any atom is 0.0991 e. The third-order valence-electron chi connectivity index (χ3n) is 4.40. The van der Waals surface area contributed by atoms with Gasteiger partial charge in [-0.1, -0.05) is 30.3 Å². The normalized spacial score (nSPS) is 20.5. The van der Waals surface area contributed by atoms with E-state index in [0.717, 1.165) is 31.7 Å². The van der Waals surface area contributed by atoms with E-state index in [-0.39, 0.29) is 0 Å². The minimum absolute atomic E-state index is 0.635. The molecule has 0 radical (unpaired) electrons. The zero-order chi connectivity index (χ0) is 15.2. The van der Waals surface area contributed by atoms with Gasteiger partial charge in [-0.25, -0.2) is 0 Å². The van der Waals surface area contributed by atoms with E-state index in [9.17, 15) is 0 Å². The lowest BCUT2D eigenvalue weighted by Crippen LogP contribution is -2.23. The summed E-state index contributed by atoms with van der Waals surface area (Å²) in [5.74, 6) is 1.31. The fourth-order valence-electron chi connectivity index (χ4n) is 3.09. The first kappa shape index (κ1) is 14.6. The van der Waals surface area contributed by atoms with Crippen LogP contribution in [0.1, 0.15) is 11.1 Å². The monoisotopic (exact) mass is 291 g/mol. The van der Waals surface area contributed by atoms with Gasteiger partial charge in [0.25, 0.3) is 0 Å². The summed E-state index contributed by atoms with van der Waals surface area (Å²) < 4.78 is 0. The van der Waals surface area contributed by atoms with Crippen LogP contribution in [0, 0.1) is 23.2 Å². The second-order valence-electron chi connectivity index (χ2n) is 5.94. The van der Waals surface area contributed by atoms with Crippen LogP contribution >= 0.6 is 0 Å². The van der Waals surface area contributed by atoms with Gasteiger partial charge in [0.1, 0.15) is 0 Å². The zero-order valence-corrected chi connectivity index (χ0v) is 12.6. The Morgan fingerprint density at radius 1 is 1.00 bits per heavy atom. The fraction of sp³-hybridized carbons (Fsp3) is 0.316. The average molecular weight is 291 g/mol. The van der Waals surface area contributed by atoms with Gasteiger partial charge in [0.05, 0.1) is 11.6 Å². The highest BCUT2D eigenvalue weighted by molar-refractivity contribution is 5.47. The second kappa shape index (κ2) is 7.11. The Labute approximate surface area is 132 Å². The first-order chi connectivity index (χ1) is 10.8. The molecule has 2 aromatic carbocycles. The third-order valence-corrected chi connectivity index (χ3v) is 4.40. The molecule has 1 fully saturated rings. The molecule has 0 saturated carbocycles. The number of hydrogen-bond donors (Lipinski definition) is 2. The van der Waals surface area contributed by atoms with Crippen LogP contribution in [0.5, 0.6) is 0 Å². The topological polar surface area (TPSA) is 47.9 Å². The number of benzene rings is 2. The Balaban J connectivity index is 1.55. The predicted molar refractivity (Wildman–Crippen MR) is 89.6 cm³/mol. The van der Waals surface area contributed by atoms with Crippen LogP contribution < -0.4 is 10.6 Å². The first-order valence-corrected chi connectivity index (χ1v) is 7.84. The molecule has 0 aromatic heterocycles. The highest BCUT2D eigenvalue weighted by atomic mass is 15.0. The van der Waals surface area contributed by atoms with Gasteiger partial charge < -0.3 is 10.6 Å². The van der Waals surface area contributed by atoms with Gasteiger partial charge in [-0.15, -0.1) is 0 Å². The molecule has 1 heterocycles.